The second-order valence-electron chi connectivity index (χ2n) is 4.59. The molecule has 7 heteroatoms. The first-order chi connectivity index (χ1) is 10.7. The maximum atomic E-state index is 11.5. The van der Waals surface area contributed by atoms with Gasteiger partial charge in [0.15, 0.2) is 0 Å². The average molecular weight is 318 g/mol. The summed E-state index contributed by atoms with van der Waals surface area (Å²) in [6.45, 7) is 1.98. The van der Waals surface area contributed by atoms with Gasteiger partial charge in [-0.3, -0.25) is 4.98 Å². The molecule has 0 aliphatic carbocycles. The molecule has 3 rings (SSSR count). The van der Waals surface area contributed by atoms with Gasteiger partial charge in [-0.2, -0.15) is 4.98 Å². The second-order valence-corrected chi connectivity index (χ2v) is 5.03. The summed E-state index contributed by atoms with van der Waals surface area (Å²) in [7, 11) is 0. The topological polar surface area (TPSA) is 78.1 Å². The molecule has 0 radical (unpaired) electrons. The SMILES string of the molecule is CCOC(=O)c1noc(Cc2ccc3ncc(Cl)cc3c2)n1. The zero-order valence-corrected chi connectivity index (χ0v) is 12.5. The highest BCUT2D eigenvalue weighted by atomic mass is 35.5. The van der Waals surface area contributed by atoms with Crippen molar-refractivity contribution < 1.29 is 14.1 Å². The molecule has 22 heavy (non-hydrogen) atoms. The lowest BCUT2D eigenvalue weighted by Gasteiger charge is -2.01. The van der Waals surface area contributed by atoms with Crippen LogP contribution < -0.4 is 0 Å². The van der Waals surface area contributed by atoms with Crippen molar-refractivity contribution in [3.05, 3.63) is 52.8 Å². The summed E-state index contributed by atoms with van der Waals surface area (Å²) in [6, 6.07) is 7.59. The summed E-state index contributed by atoms with van der Waals surface area (Å²) >= 11 is 5.94. The summed E-state index contributed by atoms with van der Waals surface area (Å²) in [4.78, 5) is 19.8. The molecule has 0 bridgehead atoms. The Morgan fingerprint density at radius 3 is 3.05 bits per heavy atom. The first kappa shape index (κ1) is 14.5. The minimum atomic E-state index is -0.591. The van der Waals surface area contributed by atoms with Gasteiger partial charge in [0.25, 0.3) is 5.82 Å². The fourth-order valence-corrected chi connectivity index (χ4v) is 2.21. The van der Waals surface area contributed by atoms with Gasteiger partial charge in [-0.25, -0.2) is 4.79 Å². The van der Waals surface area contributed by atoms with Crippen molar-refractivity contribution in [1.29, 1.82) is 0 Å². The van der Waals surface area contributed by atoms with Crippen LogP contribution in [0.3, 0.4) is 0 Å². The molecule has 0 fully saturated rings. The Morgan fingerprint density at radius 2 is 2.23 bits per heavy atom. The summed E-state index contributed by atoms with van der Waals surface area (Å²) in [6.07, 6.45) is 2.02. The largest absolute Gasteiger partial charge is 0.460 e. The van der Waals surface area contributed by atoms with Crippen LogP contribution in [0.25, 0.3) is 10.9 Å². The number of nitrogens with zero attached hydrogens (tertiary/aromatic N) is 3. The standard InChI is InChI=1S/C15H12ClN3O3/c1-2-21-15(20)14-18-13(22-19-14)6-9-3-4-12-10(5-9)7-11(16)8-17-12/h3-5,7-8H,2,6H2,1H3. The number of carbonyl (C=O) groups excluding carboxylic acids is 1. The summed E-state index contributed by atoms with van der Waals surface area (Å²) in [5.74, 6) is -0.313. The van der Waals surface area contributed by atoms with E-state index in [1.807, 2.05) is 24.3 Å². The molecule has 0 aliphatic heterocycles. The first-order valence-corrected chi connectivity index (χ1v) is 7.07. The number of ether oxygens (including phenoxy) is 1. The predicted octanol–water partition coefficient (Wildman–Crippen LogP) is 3.04. The number of halogens is 1. The fourth-order valence-electron chi connectivity index (χ4n) is 2.04. The van der Waals surface area contributed by atoms with E-state index in [4.69, 9.17) is 20.9 Å². The number of hydrogen-bond donors (Lipinski definition) is 0. The molecule has 0 saturated carbocycles. The molecule has 0 saturated heterocycles. The Morgan fingerprint density at radius 1 is 1.36 bits per heavy atom. The average Bonchev–Trinajstić information content (AvgIpc) is 2.96. The Hall–Kier alpha value is -2.47. The van der Waals surface area contributed by atoms with Crippen LogP contribution in [0.15, 0.2) is 35.0 Å². The van der Waals surface area contributed by atoms with E-state index in [1.165, 1.54) is 0 Å². The highest BCUT2D eigenvalue weighted by molar-refractivity contribution is 6.31. The molecule has 112 valence electrons. The second kappa shape index (κ2) is 6.11. The highest BCUT2D eigenvalue weighted by Crippen LogP contribution is 2.19. The third-order valence-corrected chi connectivity index (χ3v) is 3.20. The minimum absolute atomic E-state index is 0.0673. The monoisotopic (exact) mass is 317 g/mol. The van der Waals surface area contributed by atoms with E-state index in [2.05, 4.69) is 15.1 Å². The Bertz CT molecular complexity index is 832. The van der Waals surface area contributed by atoms with Gasteiger partial charge in [0.2, 0.25) is 5.89 Å². The number of hydrogen-bond acceptors (Lipinski definition) is 6. The maximum Gasteiger partial charge on any atom is 0.379 e. The lowest BCUT2D eigenvalue weighted by Crippen LogP contribution is -2.06. The van der Waals surface area contributed by atoms with E-state index in [9.17, 15) is 4.79 Å². The molecule has 3 aromatic rings. The number of carbonyl (C=O) groups is 1. The Kier molecular flexibility index (Phi) is 4.02. The number of benzene rings is 1. The van der Waals surface area contributed by atoms with Crippen LogP contribution in [-0.2, 0) is 11.2 Å². The van der Waals surface area contributed by atoms with Crippen LogP contribution in [-0.4, -0.2) is 27.7 Å². The van der Waals surface area contributed by atoms with Crippen LogP contribution in [0.2, 0.25) is 5.02 Å². The minimum Gasteiger partial charge on any atom is -0.460 e. The molecule has 0 spiro atoms. The molecule has 2 heterocycles. The van der Waals surface area contributed by atoms with E-state index in [1.54, 1.807) is 13.1 Å². The van der Waals surface area contributed by atoms with Crippen molar-refractivity contribution in [3.8, 4) is 0 Å². The lowest BCUT2D eigenvalue weighted by atomic mass is 10.1. The Labute approximate surface area is 131 Å². The normalized spacial score (nSPS) is 10.8. The van der Waals surface area contributed by atoms with Crippen molar-refractivity contribution >= 4 is 28.5 Å². The van der Waals surface area contributed by atoms with Crippen molar-refractivity contribution in [3.63, 3.8) is 0 Å². The van der Waals surface area contributed by atoms with Crippen molar-refractivity contribution in [2.45, 2.75) is 13.3 Å². The number of fused-ring (bicyclic) bond motifs is 1. The van der Waals surface area contributed by atoms with Crippen molar-refractivity contribution in [2.75, 3.05) is 6.61 Å². The van der Waals surface area contributed by atoms with E-state index in [0.717, 1.165) is 16.5 Å². The van der Waals surface area contributed by atoms with Crippen LogP contribution in [0.4, 0.5) is 0 Å². The zero-order chi connectivity index (χ0) is 15.5. The zero-order valence-electron chi connectivity index (χ0n) is 11.7. The molecule has 1 aromatic carbocycles. The smallest absolute Gasteiger partial charge is 0.379 e. The van der Waals surface area contributed by atoms with Gasteiger partial charge in [-0.15, -0.1) is 0 Å². The predicted molar refractivity (Wildman–Crippen MR) is 79.8 cm³/mol. The van der Waals surface area contributed by atoms with Gasteiger partial charge in [0, 0.05) is 11.6 Å². The lowest BCUT2D eigenvalue weighted by molar-refractivity contribution is 0.0508. The first-order valence-electron chi connectivity index (χ1n) is 6.69. The number of esters is 1. The van der Waals surface area contributed by atoms with Gasteiger partial charge in [0.05, 0.1) is 23.6 Å². The van der Waals surface area contributed by atoms with E-state index in [0.29, 0.717) is 17.3 Å². The van der Waals surface area contributed by atoms with Crippen LogP contribution in [0, 0.1) is 0 Å². The third-order valence-electron chi connectivity index (χ3n) is 2.99. The van der Waals surface area contributed by atoms with E-state index < -0.39 is 5.97 Å². The van der Waals surface area contributed by atoms with Crippen LogP contribution in [0.5, 0.6) is 0 Å². The summed E-state index contributed by atoms with van der Waals surface area (Å²) < 4.78 is 9.88. The van der Waals surface area contributed by atoms with E-state index in [-0.39, 0.29) is 12.4 Å². The summed E-state index contributed by atoms with van der Waals surface area (Å²) in [5.41, 5.74) is 1.81. The van der Waals surface area contributed by atoms with E-state index >= 15 is 0 Å². The molecular weight excluding hydrogens is 306 g/mol. The molecule has 0 N–H and O–H groups in total. The number of aromatic nitrogens is 3. The molecule has 0 aliphatic rings. The Balaban J connectivity index is 1.82. The van der Waals surface area contributed by atoms with Crippen molar-refractivity contribution in [1.82, 2.24) is 15.1 Å². The van der Waals surface area contributed by atoms with Gasteiger partial charge in [-0.05, 0) is 35.8 Å². The van der Waals surface area contributed by atoms with Crippen LogP contribution in [0.1, 0.15) is 29.0 Å². The molecule has 0 amide bonds. The molecule has 2 aromatic heterocycles. The van der Waals surface area contributed by atoms with Gasteiger partial charge in [0.1, 0.15) is 0 Å². The van der Waals surface area contributed by atoms with Gasteiger partial charge >= 0.3 is 5.97 Å². The third kappa shape index (κ3) is 3.07. The van der Waals surface area contributed by atoms with Crippen molar-refractivity contribution in [2.24, 2.45) is 0 Å². The molecule has 0 atom stereocenters. The summed E-state index contributed by atoms with van der Waals surface area (Å²) in [5, 5.41) is 5.12. The van der Waals surface area contributed by atoms with Gasteiger partial charge < -0.3 is 9.26 Å². The van der Waals surface area contributed by atoms with Gasteiger partial charge in [-0.1, -0.05) is 17.7 Å². The maximum absolute atomic E-state index is 11.5. The molecule has 0 unspecified atom stereocenters. The highest BCUT2D eigenvalue weighted by Gasteiger charge is 2.15. The quantitative estimate of drug-likeness (QED) is 0.688. The van der Waals surface area contributed by atoms with Crippen LogP contribution >= 0.6 is 11.6 Å². The molecular formula is C15H12ClN3O3. The fraction of sp³-hybridized carbons (Fsp3) is 0.200. The number of rotatable bonds is 4. The number of pyridine rings is 1. The molecule has 6 nitrogen and oxygen atoms in total.